The number of rotatable bonds is 7. The number of fused-ring (bicyclic) bond motifs is 2. The van der Waals surface area contributed by atoms with E-state index in [9.17, 15) is 4.79 Å². The Morgan fingerprint density at radius 1 is 1.22 bits per heavy atom. The molecule has 0 saturated carbocycles. The van der Waals surface area contributed by atoms with Crippen molar-refractivity contribution in [2.75, 3.05) is 40.3 Å². The summed E-state index contributed by atoms with van der Waals surface area (Å²) in [4.78, 5) is 24.1. The molecule has 8 nitrogen and oxygen atoms in total. The Labute approximate surface area is 212 Å². The van der Waals surface area contributed by atoms with Crippen molar-refractivity contribution in [3.63, 3.8) is 0 Å². The third-order valence-electron chi connectivity index (χ3n) is 7.29. The van der Waals surface area contributed by atoms with Gasteiger partial charge >= 0.3 is 0 Å². The van der Waals surface area contributed by atoms with E-state index < -0.39 is 0 Å². The zero-order chi connectivity index (χ0) is 25.4. The molecule has 0 atom stereocenters. The quantitative estimate of drug-likeness (QED) is 0.409. The monoisotopic (exact) mass is 488 g/mol. The molecule has 1 fully saturated rings. The van der Waals surface area contributed by atoms with Crippen LogP contribution in [-0.2, 0) is 4.79 Å². The molecule has 1 aliphatic heterocycles. The molecular weight excluding hydrogens is 452 g/mol. The first kappa shape index (κ1) is 24.3. The minimum atomic E-state index is 0.174. The lowest BCUT2D eigenvalue weighted by atomic mass is 9.87. The largest absolute Gasteiger partial charge is 0.490 e. The number of aromatic nitrogens is 4. The van der Waals surface area contributed by atoms with Crippen molar-refractivity contribution in [1.29, 1.82) is 0 Å². The number of carbonyl (C=O) groups is 1. The van der Waals surface area contributed by atoms with Crippen LogP contribution in [0.2, 0.25) is 0 Å². The van der Waals surface area contributed by atoms with Gasteiger partial charge in [0.25, 0.3) is 0 Å². The predicted molar refractivity (Wildman–Crippen MR) is 143 cm³/mol. The summed E-state index contributed by atoms with van der Waals surface area (Å²) in [5, 5.41) is 5.65. The summed E-state index contributed by atoms with van der Waals surface area (Å²) < 4.78 is 7.68. The van der Waals surface area contributed by atoms with Gasteiger partial charge in [0.2, 0.25) is 5.91 Å². The third kappa shape index (κ3) is 4.57. The van der Waals surface area contributed by atoms with E-state index in [0.29, 0.717) is 25.0 Å². The highest BCUT2D eigenvalue weighted by atomic mass is 16.5. The van der Waals surface area contributed by atoms with E-state index in [1.807, 2.05) is 27.2 Å². The Morgan fingerprint density at radius 3 is 2.69 bits per heavy atom. The number of likely N-dealkylation sites (tertiary alicyclic amines) is 1. The number of benzene rings is 1. The van der Waals surface area contributed by atoms with Crippen LogP contribution in [0.5, 0.6) is 5.75 Å². The van der Waals surface area contributed by atoms with Crippen molar-refractivity contribution in [1.82, 2.24) is 29.4 Å². The summed E-state index contributed by atoms with van der Waals surface area (Å²) in [6, 6.07) is 8.94. The summed E-state index contributed by atoms with van der Waals surface area (Å²) in [5.41, 5.74) is 6.70. The Hall–Kier alpha value is -3.39. The maximum atomic E-state index is 12.1. The van der Waals surface area contributed by atoms with Crippen molar-refractivity contribution in [3.8, 4) is 17.0 Å². The van der Waals surface area contributed by atoms with E-state index >= 15 is 0 Å². The van der Waals surface area contributed by atoms with Gasteiger partial charge in [-0.05, 0) is 74.0 Å². The van der Waals surface area contributed by atoms with Crippen molar-refractivity contribution < 1.29 is 9.53 Å². The molecule has 0 bridgehead atoms. The van der Waals surface area contributed by atoms with Gasteiger partial charge in [0.15, 0.2) is 11.4 Å². The first-order valence-electron chi connectivity index (χ1n) is 12.9. The average Bonchev–Trinajstić information content (AvgIpc) is 3.49. The van der Waals surface area contributed by atoms with Crippen LogP contribution in [0.15, 0.2) is 36.8 Å². The van der Waals surface area contributed by atoms with E-state index in [-0.39, 0.29) is 5.91 Å². The van der Waals surface area contributed by atoms with Gasteiger partial charge in [0, 0.05) is 36.8 Å². The number of amides is 1. The normalized spacial score (nSPS) is 15.3. The van der Waals surface area contributed by atoms with Gasteiger partial charge in [-0.2, -0.15) is 5.10 Å². The topological polar surface area (TPSA) is 78.8 Å². The van der Waals surface area contributed by atoms with Gasteiger partial charge < -0.3 is 14.6 Å². The standard InChI is InChI=1S/C28H36N6O2/c1-6-36-24-14-21(15-34-28(24)29-17-30-34)27-26(18(2)3)22-13-20(7-8-23(22)31-27)19-9-11-33(12-10-19)16-25(35)32(4)5/h7-8,13-15,17-19,31H,6,9-12,16H2,1-5H3. The fourth-order valence-electron chi connectivity index (χ4n) is 5.36. The van der Waals surface area contributed by atoms with E-state index in [1.165, 1.54) is 16.5 Å². The van der Waals surface area contributed by atoms with Crippen molar-refractivity contribution in [3.05, 3.63) is 47.9 Å². The van der Waals surface area contributed by atoms with Crippen LogP contribution >= 0.6 is 0 Å². The molecule has 0 unspecified atom stereocenters. The number of carbonyl (C=O) groups excluding carboxylic acids is 1. The smallest absolute Gasteiger partial charge is 0.236 e. The van der Waals surface area contributed by atoms with Crippen LogP contribution < -0.4 is 4.74 Å². The highest BCUT2D eigenvalue weighted by Gasteiger charge is 2.24. The molecule has 4 heterocycles. The molecule has 36 heavy (non-hydrogen) atoms. The van der Waals surface area contributed by atoms with E-state index in [4.69, 9.17) is 4.74 Å². The zero-order valence-corrected chi connectivity index (χ0v) is 21.9. The molecule has 1 amide bonds. The number of H-pyrrole nitrogens is 1. The first-order valence-corrected chi connectivity index (χ1v) is 12.9. The number of pyridine rings is 1. The lowest BCUT2D eigenvalue weighted by Crippen LogP contribution is -2.40. The molecular formula is C28H36N6O2. The molecule has 1 aromatic carbocycles. The van der Waals surface area contributed by atoms with Crippen molar-refractivity contribution in [2.45, 2.75) is 45.4 Å². The fraction of sp³-hybridized carbons (Fsp3) is 0.464. The number of hydrogen-bond acceptors (Lipinski definition) is 5. The van der Waals surface area contributed by atoms with Crippen LogP contribution in [0.25, 0.3) is 27.8 Å². The van der Waals surface area contributed by atoms with E-state index in [2.05, 4.69) is 58.1 Å². The maximum absolute atomic E-state index is 12.1. The van der Waals surface area contributed by atoms with Crippen LogP contribution in [0.3, 0.4) is 0 Å². The Kier molecular flexibility index (Phi) is 6.71. The average molecular weight is 489 g/mol. The van der Waals surface area contributed by atoms with Crippen LogP contribution in [-0.4, -0.2) is 75.6 Å². The number of ether oxygens (including phenoxy) is 1. The number of nitrogens with zero attached hydrogens (tertiary/aromatic N) is 5. The summed E-state index contributed by atoms with van der Waals surface area (Å²) in [7, 11) is 3.65. The Bertz CT molecular complexity index is 1380. The second-order valence-electron chi connectivity index (χ2n) is 10.3. The Morgan fingerprint density at radius 2 is 2.00 bits per heavy atom. The minimum Gasteiger partial charge on any atom is -0.490 e. The van der Waals surface area contributed by atoms with Gasteiger partial charge in [0.05, 0.1) is 18.8 Å². The number of likely N-dealkylation sites (N-methyl/N-ethyl adjacent to an activating group) is 1. The molecule has 1 aliphatic rings. The maximum Gasteiger partial charge on any atom is 0.236 e. The molecule has 5 rings (SSSR count). The number of aromatic amines is 1. The number of hydrogen-bond donors (Lipinski definition) is 1. The summed E-state index contributed by atoms with van der Waals surface area (Å²) >= 11 is 0. The Balaban J connectivity index is 1.47. The highest BCUT2D eigenvalue weighted by Crippen LogP contribution is 2.39. The van der Waals surface area contributed by atoms with Gasteiger partial charge in [0.1, 0.15) is 6.33 Å². The van der Waals surface area contributed by atoms with Crippen LogP contribution in [0.4, 0.5) is 0 Å². The molecule has 1 N–H and O–H groups in total. The summed E-state index contributed by atoms with van der Waals surface area (Å²) in [6.07, 6.45) is 5.72. The molecule has 0 aliphatic carbocycles. The lowest BCUT2D eigenvalue weighted by Gasteiger charge is -2.32. The molecule has 4 aromatic rings. The van der Waals surface area contributed by atoms with E-state index in [0.717, 1.165) is 54.1 Å². The predicted octanol–water partition coefficient (Wildman–Crippen LogP) is 4.67. The number of piperidine rings is 1. The number of nitrogens with one attached hydrogen (secondary N) is 1. The zero-order valence-electron chi connectivity index (χ0n) is 21.9. The van der Waals surface area contributed by atoms with Crippen LogP contribution in [0.1, 0.15) is 56.6 Å². The van der Waals surface area contributed by atoms with E-state index in [1.54, 1.807) is 15.7 Å². The highest BCUT2D eigenvalue weighted by molar-refractivity contribution is 5.92. The molecule has 190 valence electrons. The van der Waals surface area contributed by atoms with Crippen molar-refractivity contribution >= 4 is 22.5 Å². The first-order chi connectivity index (χ1) is 17.4. The molecule has 0 radical (unpaired) electrons. The summed E-state index contributed by atoms with van der Waals surface area (Å²) in [5.74, 6) is 1.76. The SMILES string of the molecule is CCOc1cc(-c2[nH]c3ccc(C4CCN(CC(=O)N(C)C)CC4)cc3c2C(C)C)cn2ncnc12. The van der Waals surface area contributed by atoms with Crippen molar-refractivity contribution in [2.24, 2.45) is 0 Å². The third-order valence-corrected chi connectivity index (χ3v) is 7.29. The van der Waals surface area contributed by atoms with Gasteiger partial charge in [-0.15, -0.1) is 0 Å². The molecule has 8 heteroatoms. The molecule has 0 spiro atoms. The fourth-order valence-corrected chi connectivity index (χ4v) is 5.36. The van der Waals surface area contributed by atoms with Crippen LogP contribution in [0, 0.1) is 0 Å². The molecule has 3 aromatic heterocycles. The van der Waals surface area contributed by atoms with Gasteiger partial charge in [-0.1, -0.05) is 19.9 Å². The second kappa shape index (κ2) is 9.93. The second-order valence-corrected chi connectivity index (χ2v) is 10.3. The summed E-state index contributed by atoms with van der Waals surface area (Å²) in [6.45, 7) is 9.46. The minimum absolute atomic E-state index is 0.174. The lowest BCUT2D eigenvalue weighted by molar-refractivity contribution is -0.130. The van der Waals surface area contributed by atoms with Gasteiger partial charge in [-0.3, -0.25) is 9.69 Å². The molecule has 1 saturated heterocycles. The van der Waals surface area contributed by atoms with Gasteiger partial charge in [-0.25, -0.2) is 9.50 Å².